The van der Waals surface area contributed by atoms with Crippen molar-refractivity contribution in [3.63, 3.8) is 0 Å². The van der Waals surface area contributed by atoms with Gasteiger partial charge in [-0.2, -0.15) is 0 Å². The van der Waals surface area contributed by atoms with Gasteiger partial charge >= 0.3 is 0 Å². The Balaban J connectivity index is 2.72. The van der Waals surface area contributed by atoms with Gasteiger partial charge in [0.25, 0.3) is 0 Å². The number of hydrogen-bond acceptors (Lipinski definition) is 2. The summed E-state index contributed by atoms with van der Waals surface area (Å²) in [6.07, 6.45) is 3.32. The van der Waals surface area contributed by atoms with Crippen molar-refractivity contribution in [1.82, 2.24) is 0 Å². The molecule has 1 aromatic rings. The van der Waals surface area contributed by atoms with E-state index in [2.05, 4.69) is 25.2 Å². The van der Waals surface area contributed by atoms with Gasteiger partial charge in [0, 0.05) is 17.3 Å². The van der Waals surface area contributed by atoms with Crippen LogP contribution in [-0.2, 0) is 4.79 Å². The minimum atomic E-state index is -0.320. The fourth-order valence-electron chi connectivity index (χ4n) is 1.36. The van der Waals surface area contributed by atoms with E-state index in [1.165, 1.54) is 11.1 Å². The molecular formula is C15H21NO. The van der Waals surface area contributed by atoms with Gasteiger partial charge in [-0.05, 0) is 37.1 Å². The third-order valence-corrected chi connectivity index (χ3v) is 2.82. The van der Waals surface area contributed by atoms with Crippen LogP contribution in [0.1, 0.15) is 31.9 Å². The van der Waals surface area contributed by atoms with E-state index in [4.69, 9.17) is 0 Å². The molecule has 17 heavy (non-hydrogen) atoms. The molecule has 0 aliphatic carbocycles. The summed E-state index contributed by atoms with van der Waals surface area (Å²) < 4.78 is 0. The Morgan fingerprint density at radius 2 is 1.88 bits per heavy atom. The lowest BCUT2D eigenvalue weighted by atomic mass is 9.91. The first kappa shape index (κ1) is 13.5. The van der Waals surface area contributed by atoms with E-state index in [0.29, 0.717) is 0 Å². The summed E-state index contributed by atoms with van der Waals surface area (Å²) in [4.78, 5) is 11.7. The van der Waals surface area contributed by atoms with Crippen molar-refractivity contribution in [3.8, 4) is 0 Å². The summed E-state index contributed by atoms with van der Waals surface area (Å²) >= 11 is 0. The zero-order valence-corrected chi connectivity index (χ0v) is 11.3. The Kier molecular flexibility index (Phi) is 4.11. The quantitative estimate of drug-likeness (QED) is 0.801. The largest absolute Gasteiger partial charge is 0.361 e. The second-order valence-corrected chi connectivity index (χ2v) is 5.34. The third kappa shape index (κ3) is 3.74. The van der Waals surface area contributed by atoms with Crippen LogP contribution in [0.2, 0.25) is 0 Å². The average Bonchev–Trinajstić information content (AvgIpc) is 2.22. The van der Waals surface area contributed by atoms with Crippen molar-refractivity contribution in [2.75, 3.05) is 5.32 Å². The van der Waals surface area contributed by atoms with Crippen LogP contribution in [0.5, 0.6) is 0 Å². The minimum absolute atomic E-state index is 0.121. The van der Waals surface area contributed by atoms with Gasteiger partial charge < -0.3 is 5.32 Å². The van der Waals surface area contributed by atoms with Gasteiger partial charge in [-0.25, -0.2) is 0 Å². The Bertz CT molecular complexity index is 439. The maximum atomic E-state index is 11.7. The predicted octanol–water partition coefficient (Wildman–Crippen LogP) is 3.84. The molecule has 0 aromatic heterocycles. The van der Waals surface area contributed by atoms with E-state index >= 15 is 0 Å². The van der Waals surface area contributed by atoms with Crippen molar-refractivity contribution in [2.24, 2.45) is 5.41 Å². The molecule has 0 radical (unpaired) electrons. The van der Waals surface area contributed by atoms with Crippen molar-refractivity contribution in [2.45, 2.75) is 34.6 Å². The van der Waals surface area contributed by atoms with E-state index in [9.17, 15) is 4.79 Å². The van der Waals surface area contributed by atoms with Gasteiger partial charge in [0.15, 0.2) is 5.78 Å². The number of ketones is 1. The Labute approximate surface area is 104 Å². The second-order valence-electron chi connectivity index (χ2n) is 5.34. The lowest BCUT2D eigenvalue weighted by molar-refractivity contribution is -0.121. The SMILES string of the molecule is Cc1cccc(NC=CC(=O)C(C)(C)C)c1C. The molecule has 2 nitrogen and oxygen atoms in total. The number of benzene rings is 1. The van der Waals surface area contributed by atoms with E-state index < -0.39 is 0 Å². The van der Waals surface area contributed by atoms with E-state index in [1.807, 2.05) is 32.9 Å². The van der Waals surface area contributed by atoms with Gasteiger partial charge in [-0.15, -0.1) is 0 Å². The van der Waals surface area contributed by atoms with Crippen molar-refractivity contribution < 1.29 is 4.79 Å². The zero-order chi connectivity index (χ0) is 13.1. The minimum Gasteiger partial charge on any atom is -0.361 e. The first-order valence-corrected chi connectivity index (χ1v) is 5.86. The van der Waals surface area contributed by atoms with Crippen LogP contribution in [0.3, 0.4) is 0 Å². The molecule has 1 rings (SSSR count). The van der Waals surface area contributed by atoms with Crippen LogP contribution >= 0.6 is 0 Å². The van der Waals surface area contributed by atoms with Crippen molar-refractivity contribution >= 4 is 11.5 Å². The molecule has 0 unspecified atom stereocenters. The van der Waals surface area contributed by atoms with Gasteiger partial charge in [-0.3, -0.25) is 4.79 Å². The molecule has 92 valence electrons. The lowest BCUT2D eigenvalue weighted by Crippen LogP contribution is -2.17. The highest BCUT2D eigenvalue weighted by Crippen LogP contribution is 2.18. The van der Waals surface area contributed by atoms with Gasteiger partial charge in [0.1, 0.15) is 0 Å². The molecule has 1 aromatic carbocycles. The normalized spacial score (nSPS) is 11.8. The molecular weight excluding hydrogens is 210 g/mol. The molecule has 0 aliphatic rings. The Morgan fingerprint density at radius 1 is 1.24 bits per heavy atom. The fraction of sp³-hybridized carbons (Fsp3) is 0.400. The third-order valence-electron chi connectivity index (χ3n) is 2.82. The molecule has 0 spiro atoms. The van der Waals surface area contributed by atoms with Crippen LogP contribution in [-0.4, -0.2) is 5.78 Å². The molecule has 0 bridgehead atoms. The topological polar surface area (TPSA) is 29.1 Å². The molecule has 2 heteroatoms. The number of nitrogens with one attached hydrogen (secondary N) is 1. The van der Waals surface area contributed by atoms with Gasteiger partial charge in [0.05, 0.1) is 0 Å². The van der Waals surface area contributed by atoms with Crippen molar-refractivity contribution in [1.29, 1.82) is 0 Å². The van der Waals surface area contributed by atoms with Crippen molar-refractivity contribution in [3.05, 3.63) is 41.6 Å². The first-order chi connectivity index (χ1) is 7.82. The molecule has 0 atom stereocenters. The highest BCUT2D eigenvalue weighted by atomic mass is 16.1. The number of hydrogen-bond donors (Lipinski definition) is 1. The molecule has 0 saturated heterocycles. The van der Waals surface area contributed by atoms with Crippen LogP contribution in [0.25, 0.3) is 0 Å². The number of allylic oxidation sites excluding steroid dienone is 1. The summed E-state index contributed by atoms with van der Waals surface area (Å²) in [5.41, 5.74) is 3.17. The average molecular weight is 231 g/mol. The number of anilines is 1. The maximum absolute atomic E-state index is 11.7. The monoisotopic (exact) mass is 231 g/mol. The van der Waals surface area contributed by atoms with Crippen LogP contribution in [0.4, 0.5) is 5.69 Å². The molecule has 0 amide bonds. The van der Waals surface area contributed by atoms with Crippen LogP contribution < -0.4 is 5.32 Å². The van der Waals surface area contributed by atoms with Gasteiger partial charge in [0.2, 0.25) is 0 Å². The van der Waals surface area contributed by atoms with E-state index in [-0.39, 0.29) is 11.2 Å². The number of aryl methyl sites for hydroxylation is 1. The summed E-state index contributed by atoms with van der Waals surface area (Å²) in [6.45, 7) is 9.88. The number of carbonyl (C=O) groups is 1. The van der Waals surface area contributed by atoms with Gasteiger partial charge in [-0.1, -0.05) is 32.9 Å². The fourth-order valence-corrected chi connectivity index (χ4v) is 1.36. The number of carbonyl (C=O) groups excluding carboxylic acids is 1. The Hall–Kier alpha value is -1.57. The predicted molar refractivity (Wildman–Crippen MR) is 73.1 cm³/mol. The van der Waals surface area contributed by atoms with Crippen LogP contribution in [0, 0.1) is 19.3 Å². The van der Waals surface area contributed by atoms with E-state index in [0.717, 1.165) is 5.69 Å². The molecule has 1 N–H and O–H groups in total. The first-order valence-electron chi connectivity index (χ1n) is 5.86. The summed E-state index contributed by atoms with van der Waals surface area (Å²) in [5, 5.41) is 3.16. The molecule has 0 saturated carbocycles. The number of rotatable bonds is 3. The standard InChI is InChI=1S/C15H21NO/c1-11-7-6-8-13(12(11)2)16-10-9-14(17)15(3,4)5/h6-10,16H,1-5H3. The lowest BCUT2D eigenvalue weighted by Gasteiger charge is -2.13. The molecule has 0 heterocycles. The Morgan fingerprint density at radius 3 is 2.47 bits per heavy atom. The smallest absolute Gasteiger partial charge is 0.162 e. The zero-order valence-electron chi connectivity index (χ0n) is 11.3. The molecule has 0 fully saturated rings. The molecule has 0 aliphatic heterocycles. The summed E-state index contributed by atoms with van der Waals surface area (Å²) in [5.74, 6) is 0.121. The van der Waals surface area contributed by atoms with E-state index in [1.54, 1.807) is 12.3 Å². The summed E-state index contributed by atoms with van der Waals surface area (Å²) in [6, 6.07) is 6.09. The van der Waals surface area contributed by atoms with Crippen LogP contribution in [0.15, 0.2) is 30.5 Å². The highest BCUT2D eigenvalue weighted by Gasteiger charge is 2.17. The maximum Gasteiger partial charge on any atom is 0.162 e. The summed E-state index contributed by atoms with van der Waals surface area (Å²) in [7, 11) is 0. The second kappa shape index (κ2) is 5.17. The highest BCUT2D eigenvalue weighted by molar-refractivity contribution is 5.94.